The molecule has 0 aliphatic carbocycles. The lowest BCUT2D eigenvalue weighted by atomic mass is 9.99. The maximum absolute atomic E-state index is 6.23. The number of aryl methyl sites for hydroxylation is 4. The number of nitrogen functional groups attached to an aromatic ring is 2. The molecule has 0 fully saturated rings. The Bertz CT molecular complexity index is 1180. The normalized spacial score (nSPS) is 11.9. The van der Waals surface area contributed by atoms with E-state index in [1.54, 1.807) is 22.7 Å². The van der Waals surface area contributed by atoms with E-state index in [0.29, 0.717) is 0 Å². The highest BCUT2D eigenvalue weighted by atomic mass is 32.1. The van der Waals surface area contributed by atoms with E-state index in [-0.39, 0.29) is 0 Å². The summed E-state index contributed by atoms with van der Waals surface area (Å²) in [6.07, 6.45) is 0. The van der Waals surface area contributed by atoms with Gasteiger partial charge < -0.3 is 11.5 Å². The molecular weight excluding hydrogens is 421 g/mol. The summed E-state index contributed by atoms with van der Waals surface area (Å²) in [6.45, 7) is 8.58. The molecule has 0 saturated heterocycles. The molecule has 0 amide bonds. The summed E-state index contributed by atoms with van der Waals surface area (Å²) in [4.78, 5) is 6.36. The van der Waals surface area contributed by atoms with Crippen LogP contribution in [0.5, 0.6) is 0 Å². The van der Waals surface area contributed by atoms with Crippen LogP contribution in [0.25, 0.3) is 41.1 Å². The van der Waals surface area contributed by atoms with Gasteiger partial charge in [-0.2, -0.15) is 0 Å². The van der Waals surface area contributed by atoms with Crippen LogP contribution in [0.1, 0.15) is 20.2 Å². The van der Waals surface area contributed by atoms with Crippen LogP contribution in [0.3, 0.4) is 0 Å². The molecule has 0 aliphatic rings. The third-order valence-electron chi connectivity index (χ3n) is 5.11. The Labute approximate surface area is 180 Å². The molecule has 0 radical (unpaired) electrons. The Morgan fingerprint density at radius 3 is 1.61 bits per heavy atom. The molecule has 1 aromatic carbocycles. The first-order valence-electron chi connectivity index (χ1n) is 9.02. The first kappa shape index (κ1) is 18.2. The molecule has 4 heterocycles. The second-order valence-corrected chi connectivity index (χ2v) is 12.1. The topological polar surface area (TPSA) is 52.0 Å². The molecule has 6 heteroatoms. The number of benzene rings is 1. The fraction of sp³-hybridized carbons (Fsp3) is 0.182. The van der Waals surface area contributed by atoms with E-state index in [0.717, 1.165) is 16.3 Å². The Morgan fingerprint density at radius 1 is 0.643 bits per heavy atom. The highest BCUT2D eigenvalue weighted by Gasteiger charge is 2.22. The summed E-state index contributed by atoms with van der Waals surface area (Å²) in [5.41, 5.74) is 17.2. The fourth-order valence-corrected chi connectivity index (χ4v) is 8.07. The maximum atomic E-state index is 6.23. The Kier molecular flexibility index (Phi) is 4.11. The van der Waals surface area contributed by atoms with Gasteiger partial charge in [0.15, 0.2) is 0 Å². The zero-order chi connectivity index (χ0) is 19.7. The summed E-state index contributed by atoms with van der Waals surface area (Å²) in [7, 11) is 0. The van der Waals surface area contributed by atoms with Crippen LogP contribution < -0.4 is 11.5 Å². The van der Waals surface area contributed by atoms with Crippen molar-refractivity contribution in [3.63, 3.8) is 0 Å². The molecule has 5 rings (SSSR count). The maximum Gasteiger partial charge on any atom is 0.0892 e. The molecule has 28 heavy (non-hydrogen) atoms. The van der Waals surface area contributed by atoms with Crippen molar-refractivity contribution in [1.82, 2.24) is 0 Å². The molecule has 4 N–H and O–H groups in total. The van der Waals surface area contributed by atoms with Gasteiger partial charge in [-0.05, 0) is 57.5 Å². The zero-order valence-electron chi connectivity index (χ0n) is 16.1. The Morgan fingerprint density at radius 2 is 1.18 bits per heavy atom. The largest absolute Gasteiger partial charge is 0.398 e. The monoisotopic (exact) mass is 440 g/mol. The Hall–Kier alpha value is -1.86. The van der Waals surface area contributed by atoms with Crippen LogP contribution >= 0.6 is 45.3 Å². The summed E-state index contributed by atoms with van der Waals surface area (Å²) in [5, 5.41) is 3.57. The molecule has 0 aliphatic heterocycles. The van der Waals surface area contributed by atoms with Crippen LogP contribution in [-0.4, -0.2) is 0 Å². The van der Waals surface area contributed by atoms with E-state index in [2.05, 4.69) is 52.0 Å². The number of anilines is 2. The SMILES string of the molecule is Cc1cc2c(-c3cc(C)c(N)s3)c3sc(C)cc3c(-c3cc(N)c(C)s3)c2s1. The summed E-state index contributed by atoms with van der Waals surface area (Å²) in [6, 6.07) is 9.05. The van der Waals surface area contributed by atoms with Crippen LogP contribution in [0.15, 0.2) is 24.3 Å². The van der Waals surface area contributed by atoms with E-state index >= 15 is 0 Å². The molecular formula is C22H20N2S4. The van der Waals surface area contributed by atoms with Crippen molar-refractivity contribution >= 4 is 76.2 Å². The lowest BCUT2D eigenvalue weighted by Gasteiger charge is -2.09. The molecule has 0 saturated carbocycles. The van der Waals surface area contributed by atoms with Crippen LogP contribution in [0, 0.1) is 27.7 Å². The second-order valence-electron chi connectivity index (χ2n) is 7.23. The standard InChI is InChI=1S/C22H20N2S4/c1-9-5-16(28-22(9)24)18-13-6-10(2)26-21(13)19(14-7-11(3)25-20(14)18)17-8-15(23)12(4)27-17/h5-8H,23-24H2,1-4H3. The number of hydrogen-bond acceptors (Lipinski definition) is 6. The van der Waals surface area contributed by atoms with Gasteiger partial charge >= 0.3 is 0 Å². The predicted molar refractivity (Wildman–Crippen MR) is 132 cm³/mol. The summed E-state index contributed by atoms with van der Waals surface area (Å²) < 4.78 is 2.70. The predicted octanol–water partition coefficient (Wildman–Crippen LogP) is 7.97. The summed E-state index contributed by atoms with van der Waals surface area (Å²) >= 11 is 7.24. The molecule has 2 nitrogen and oxygen atoms in total. The number of nitrogens with two attached hydrogens (primary N) is 2. The summed E-state index contributed by atoms with van der Waals surface area (Å²) in [5.74, 6) is 0. The highest BCUT2D eigenvalue weighted by Crippen LogP contribution is 2.52. The van der Waals surface area contributed by atoms with Gasteiger partial charge in [0.1, 0.15) is 0 Å². The highest BCUT2D eigenvalue weighted by molar-refractivity contribution is 7.24. The molecule has 4 aromatic heterocycles. The van der Waals surface area contributed by atoms with Crippen molar-refractivity contribution in [3.8, 4) is 20.9 Å². The average Bonchev–Trinajstić information content (AvgIpc) is 3.34. The molecule has 0 spiro atoms. The molecule has 142 valence electrons. The molecule has 0 bridgehead atoms. The zero-order valence-corrected chi connectivity index (χ0v) is 19.4. The molecule has 0 unspecified atom stereocenters. The lowest BCUT2D eigenvalue weighted by molar-refractivity contribution is 1.55. The van der Waals surface area contributed by atoms with Crippen molar-refractivity contribution in [2.45, 2.75) is 27.7 Å². The number of thiophene rings is 4. The van der Waals surface area contributed by atoms with Gasteiger partial charge in [0.05, 0.1) is 5.00 Å². The van der Waals surface area contributed by atoms with Crippen LogP contribution in [0.4, 0.5) is 10.7 Å². The lowest BCUT2D eigenvalue weighted by Crippen LogP contribution is -1.82. The van der Waals surface area contributed by atoms with Crippen LogP contribution in [0.2, 0.25) is 0 Å². The van der Waals surface area contributed by atoms with Crippen molar-refractivity contribution in [3.05, 3.63) is 44.5 Å². The minimum Gasteiger partial charge on any atom is -0.398 e. The van der Waals surface area contributed by atoms with Gasteiger partial charge in [-0.15, -0.1) is 45.3 Å². The minimum atomic E-state index is 0.882. The Balaban J connectivity index is 1.98. The van der Waals surface area contributed by atoms with E-state index < -0.39 is 0 Å². The first-order valence-corrected chi connectivity index (χ1v) is 12.3. The van der Waals surface area contributed by atoms with Crippen molar-refractivity contribution < 1.29 is 0 Å². The van der Waals surface area contributed by atoms with Gasteiger partial charge in [0.2, 0.25) is 0 Å². The van der Waals surface area contributed by atoms with Crippen molar-refractivity contribution in [2.75, 3.05) is 11.5 Å². The third kappa shape index (κ3) is 2.63. The average molecular weight is 441 g/mol. The van der Waals surface area contributed by atoms with Gasteiger partial charge in [0, 0.05) is 61.4 Å². The second kappa shape index (κ2) is 6.32. The quantitative estimate of drug-likeness (QED) is 0.292. The van der Waals surface area contributed by atoms with E-state index in [4.69, 9.17) is 11.5 Å². The van der Waals surface area contributed by atoms with Crippen molar-refractivity contribution in [2.24, 2.45) is 0 Å². The van der Waals surface area contributed by atoms with Gasteiger partial charge in [-0.3, -0.25) is 0 Å². The molecule has 0 atom stereocenters. The van der Waals surface area contributed by atoms with Crippen molar-refractivity contribution in [1.29, 1.82) is 0 Å². The number of hydrogen-bond donors (Lipinski definition) is 2. The van der Waals surface area contributed by atoms with Crippen LogP contribution in [-0.2, 0) is 0 Å². The van der Waals surface area contributed by atoms with Gasteiger partial charge in [-0.1, -0.05) is 0 Å². The molecule has 5 aromatic rings. The van der Waals surface area contributed by atoms with E-state index in [1.165, 1.54) is 55.7 Å². The minimum absolute atomic E-state index is 0.882. The smallest absolute Gasteiger partial charge is 0.0892 e. The first-order chi connectivity index (χ1) is 13.3. The third-order valence-corrected chi connectivity index (χ3v) is 9.41. The van der Waals surface area contributed by atoms with Gasteiger partial charge in [-0.25, -0.2) is 0 Å². The number of rotatable bonds is 2. The van der Waals surface area contributed by atoms with E-state index in [1.807, 2.05) is 22.7 Å². The number of fused-ring (bicyclic) bond motifs is 2. The van der Waals surface area contributed by atoms with E-state index in [9.17, 15) is 0 Å². The van der Waals surface area contributed by atoms with Gasteiger partial charge in [0.25, 0.3) is 0 Å². The fourth-order valence-electron chi connectivity index (χ4n) is 3.74.